The van der Waals surface area contributed by atoms with Gasteiger partial charge in [-0.05, 0) is 62.6 Å². The Morgan fingerprint density at radius 3 is 2.61 bits per heavy atom. The maximum absolute atomic E-state index is 14.3. The van der Waals surface area contributed by atoms with Crippen LogP contribution in [0.1, 0.15) is 44.2 Å². The van der Waals surface area contributed by atoms with E-state index in [0.717, 1.165) is 87.3 Å². The van der Waals surface area contributed by atoms with Gasteiger partial charge in [0.25, 0.3) is 5.66 Å². The van der Waals surface area contributed by atoms with E-state index in [1.807, 2.05) is 12.1 Å². The van der Waals surface area contributed by atoms with Crippen LogP contribution in [0.15, 0.2) is 29.2 Å². The van der Waals surface area contributed by atoms with Gasteiger partial charge < -0.3 is 29.8 Å². The van der Waals surface area contributed by atoms with E-state index >= 15 is 0 Å². The number of alkyl halides is 2. The van der Waals surface area contributed by atoms with Gasteiger partial charge in [-0.2, -0.15) is 0 Å². The van der Waals surface area contributed by atoms with E-state index in [0.29, 0.717) is 28.9 Å². The maximum Gasteiger partial charge on any atom is 0.276 e. The number of halogens is 2. The largest absolute Gasteiger partial charge is 0.489 e. The Bertz CT molecular complexity index is 1730. The molecule has 0 radical (unpaired) electrons. The Hall–Kier alpha value is -2.68. The fourth-order valence-electron chi connectivity index (χ4n) is 7.06. The minimum absolute atomic E-state index is 0.00436. The maximum atomic E-state index is 14.3. The lowest BCUT2D eigenvalue weighted by Crippen LogP contribution is -2.68. The molecule has 46 heavy (non-hydrogen) atoms. The summed E-state index contributed by atoms with van der Waals surface area (Å²) in [5.41, 5.74) is -0.457. The van der Waals surface area contributed by atoms with Gasteiger partial charge >= 0.3 is 0 Å². The smallest absolute Gasteiger partial charge is 0.276 e. The summed E-state index contributed by atoms with van der Waals surface area (Å²) in [5.74, 6) is 6.40. The van der Waals surface area contributed by atoms with Gasteiger partial charge in [0.1, 0.15) is 12.4 Å². The monoisotopic (exact) mass is 676 g/mol. The molecule has 2 aliphatic heterocycles. The van der Waals surface area contributed by atoms with E-state index in [1.165, 1.54) is 12.1 Å². The molecule has 0 bridgehead atoms. The molecule has 4 aliphatic rings. The number of ether oxygens (including phenoxy) is 2. The zero-order valence-corrected chi connectivity index (χ0v) is 28.1. The summed E-state index contributed by atoms with van der Waals surface area (Å²) in [7, 11) is -1.82. The third kappa shape index (κ3) is 7.55. The second-order valence-electron chi connectivity index (χ2n) is 13.1. The van der Waals surface area contributed by atoms with Crippen LogP contribution in [-0.2, 0) is 21.1 Å². The summed E-state index contributed by atoms with van der Waals surface area (Å²) in [6.45, 7) is 3.56. The predicted molar refractivity (Wildman–Crippen MR) is 177 cm³/mol. The molecule has 1 saturated carbocycles. The molecule has 1 atom stereocenters. The zero-order valence-electron chi connectivity index (χ0n) is 26.2. The topological polar surface area (TPSA) is 105 Å². The lowest BCUT2D eigenvalue weighted by molar-refractivity contribution is -0.200. The standard InChI is InChI=1S/C33H43F2N4O5PS/c1-46(41,42)26-11-12-29(31(17-26)44-15-14-40)36-13-3-4-25-16-27-28(5-2-6-30(27)39(25)20-33(34,35)45)37-23-7-9-24(10-8-23)38-18-32(19-38)21-43-22-32/h6,11-12,16-17,23-24,36-37,40H,2,5,7-10,13-15,18-22,45H2,1H3. The third-order valence-electron chi connectivity index (χ3n) is 9.36. The number of likely N-dealkylation sites (tertiary alicyclic amines) is 1. The highest BCUT2D eigenvalue weighted by molar-refractivity contribution is 7.90. The molecule has 3 N–H and O–H groups in total. The van der Waals surface area contributed by atoms with Crippen LogP contribution in [0.4, 0.5) is 14.5 Å². The lowest BCUT2D eigenvalue weighted by atomic mass is 9.75. The molecule has 3 heterocycles. The van der Waals surface area contributed by atoms with Crippen molar-refractivity contribution in [2.24, 2.45) is 5.41 Å². The van der Waals surface area contributed by atoms with Crippen LogP contribution in [-0.4, -0.2) is 93.1 Å². The summed E-state index contributed by atoms with van der Waals surface area (Å²) in [6, 6.07) is 7.37. The van der Waals surface area contributed by atoms with Crippen molar-refractivity contribution < 1.29 is 31.8 Å². The first-order chi connectivity index (χ1) is 21.9. The molecule has 2 aliphatic carbocycles. The molecule has 2 aromatic rings. The number of sulfone groups is 1. The van der Waals surface area contributed by atoms with Gasteiger partial charge in [0.2, 0.25) is 0 Å². The highest BCUT2D eigenvalue weighted by Crippen LogP contribution is 2.41. The first-order valence-electron chi connectivity index (χ1n) is 15.9. The van der Waals surface area contributed by atoms with Crippen molar-refractivity contribution in [2.45, 2.75) is 67.7 Å². The second-order valence-corrected chi connectivity index (χ2v) is 16.0. The Kier molecular flexibility index (Phi) is 9.71. The van der Waals surface area contributed by atoms with Crippen LogP contribution in [0.25, 0.3) is 11.8 Å². The van der Waals surface area contributed by atoms with Crippen LogP contribution in [0, 0.1) is 17.3 Å². The quantitative estimate of drug-likeness (QED) is 0.246. The molecule has 1 unspecified atom stereocenters. The van der Waals surface area contributed by atoms with Gasteiger partial charge in [-0.15, -0.1) is 0 Å². The fourth-order valence-corrected chi connectivity index (χ4v) is 7.87. The van der Waals surface area contributed by atoms with E-state index in [4.69, 9.17) is 9.47 Å². The average Bonchev–Trinajstić information content (AvgIpc) is 3.30. The molecule has 1 aromatic heterocycles. The predicted octanol–water partition coefficient (Wildman–Crippen LogP) is 2.11. The van der Waals surface area contributed by atoms with E-state index in [9.17, 15) is 22.3 Å². The summed E-state index contributed by atoms with van der Waals surface area (Å²) in [4.78, 5) is 2.72. The Morgan fingerprint density at radius 2 is 1.96 bits per heavy atom. The fraction of sp³-hybridized carbons (Fsp3) is 0.576. The average molecular weight is 677 g/mol. The molecule has 1 aromatic carbocycles. The van der Waals surface area contributed by atoms with Crippen molar-refractivity contribution in [2.75, 3.05) is 57.6 Å². The zero-order chi connectivity index (χ0) is 32.5. The van der Waals surface area contributed by atoms with Gasteiger partial charge in [0, 0.05) is 59.2 Å². The number of aliphatic hydroxyl groups excluding tert-OH is 1. The molecule has 13 heteroatoms. The summed E-state index contributed by atoms with van der Waals surface area (Å²) < 4.78 is 65.3. The van der Waals surface area contributed by atoms with Gasteiger partial charge in [-0.1, -0.05) is 21.2 Å². The molecular weight excluding hydrogens is 633 g/mol. The molecule has 6 rings (SSSR count). The Balaban J connectivity index is 1.17. The van der Waals surface area contributed by atoms with Crippen molar-refractivity contribution in [3.8, 4) is 17.6 Å². The number of nitrogens with zero attached hydrogens (tertiary/aromatic N) is 2. The Morgan fingerprint density at radius 1 is 1.20 bits per heavy atom. The first kappa shape index (κ1) is 33.2. The van der Waals surface area contributed by atoms with Gasteiger partial charge in [0.15, 0.2) is 9.84 Å². The number of aliphatic hydroxyl groups is 1. The molecule has 1 spiro atoms. The molecule has 0 amide bonds. The Labute approximate surface area is 271 Å². The summed E-state index contributed by atoms with van der Waals surface area (Å²) in [5, 5.41) is 17.8. The van der Waals surface area contributed by atoms with Crippen molar-refractivity contribution in [1.29, 1.82) is 0 Å². The number of hydrogen-bond acceptors (Lipinski definition) is 8. The number of fused-ring (bicyclic) bond motifs is 1. The molecule has 3 fully saturated rings. The number of nitrogens with one attached hydrogen (secondary N) is 2. The van der Waals surface area contributed by atoms with Crippen LogP contribution >= 0.6 is 9.24 Å². The van der Waals surface area contributed by atoms with Crippen LogP contribution in [0.2, 0.25) is 0 Å². The second kappa shape index (κ2) is 13.4. The number of aromatic nitrogens is 1. The first-order valence-corrected chi connectivity index (χ1v) is 18.4. The van der Waals surface area contributed by atoms with E-state index < -0.39 is 22.0 Å². The van der Waals surface area contributed by atoms with Crippen LogP contribution in [0.3, 0.4) is 0 Å². The van der Waals surface area contributed by atoms with Gasteiger partial charge in [-0.3, -0.25) is 4.90 Å². The van der Waals surface area contributed by atoms with Gasteiger partial charge in [0.05, 0.1) is 49.2 Å². The highest BCUT2D eigenvalue weighted by Gasteiger charge is 2.50. The van der Waals surface area contributed by atoms with E-state index in [1.54, 1.807) is 19.9 Å². The number of benzene rings is 1. The lowest BCUT2D eigenvalue weighted by Gasteiger charge is -2.58. The van der Waals surface area contributed by atoms with Crippen molar-refractivity contribution in [1.82, 2.24) is 14.8 Å². The SMILES string of the molecule is CS(=O)(=O)c1ccc(NCC#Cc2cc3c(n2CC(F)(F)P)=CCCC=3NC2CCC(N3CC4(COC4)C3)CC2)c(OCCO)c1. The minimum Gasteiger partial charge on any atom is -0.489 e. The summed E-state index contributed by atoms with van der Waals surface area (Å²) >= 11 is 0. The molecule has 2 saturated heterocycles. The van der Waals surface area contributed by atoms with Crippen molar-refractivity contribution in [3.05, 3.63) is 40.5 Å². The third-order valence-corrected chi connectivity index (χ3v) is 10.7. The normalized spacial score (nSPS) is 22.5. The highest BCUT2D eigenvalue weighted by atomic mass is 32.2. The minimum atomic E-state index is -3.45. The molecule has 9 nitrogen and oxygen atoms in total. The van der Waals surface area contributed by atoms with Crippen molar-refractivity contribution >= 4 is 36.5 Å². The van der Waals surface area contributed by atoms with Crippen LogP contribution < -0.4 is 25.9 Å². The van der Waals surface area contributed by atoms with Crippen molar-refractivity contribution in [3.63, 3.8) is 0 Å². The number of anilines is 1. The number of rotatable bonds is 11. The van der Waals surface area contributed by atoms with E-state index in [-0.39, 0.29) is 30.4 Å². The number of hydrogen-bond donors (Lipinski definition) is 3. The molecular formula is C33H43F2N4O5PS. The van der Waals surface area contributed by atoms with Gasteiger partial charge in [-0.25, -0.2) is 17.2 Å². The summed E-state index contributed by atoms with van der Waals surface area (Å²) in [6.07, 6.45) is 9.23. The van der Waals surface area contributed by atoms with E-state index in [2.05, 4.69) is 27.4 Å². The van der Waals surface area contributed by atoms with Crippen LogP contribution in [0.5, 0.6) is 5.75 Å². The molecule has 250 valence electrons.